The lowest BCUT2D eigenvalue weighted by Gasteiger charge is -2.04. The molecule has 0 atom stereocenters. The molecule has 1 heterocycles. The van der Waals surface area contributed by atoms with Crippen molar-refractivity contribution in [1.29, 1.82) is 0 Å². The van der Waals surface area contributed by atoms with E-state index >= 15 is 0 Å². The van der Waals surface area contributed by atoms with E-state index in [-0.39, 0.29) is 32.1 Å². The van der Waals surface area contributed by atoms with Crippen LogP contribution in [-0.4, -0.2) is 30.3 Å². The quantitative estimate of drug-likeness (QED) is 0.798. The first kappa shape index (κ1) is 12.2. The van der Waals surface area contributed by atoms with Gasteiger partial charge in [0.25, 0.3) is 0 Å². The zero-order valence-electron chi connectivity index (χ0n) is 9.64. The van der Waals surface area contributed by atoms with Gasteiger partial charge in [-0.05, 0) is 17.7 Å². The maximum Gasteiger partial charge on any atom is 0.305 e. The van der Waals surface area contributed by atoms with Crippen molar-refractivity contribution < 1.29 is 24.2 Å². The van der Waals surface area contributed by atoms with E-state index in [2.05, 4.69) is 5.32 Å². The van der Waals surface area contributed by atoms with E-state index in [1.54, 1.807) is 18.2 Å². The van der Waals surface area contributed by atoms with Gasteiger partial charge in [0.05, 0.1) is 12.8 Å². The topological polar surface area (TPSA) is 84.9 Å². The minimum absolute atomic E-state index is 0.0765. The van der Waals surface area contributed by atoms with Crippen molar-refractivity contribution in [3.05, 3.63) is 23.8 Å². The molecule has 0 saturated carbocycles. The number of carbonyl (C=O) groups excluding carboxylic acids is 1. The predicted octanol–water partition coefficient (Wildman–Crippen LogP) is 0.549. The summed E-state index contributed by atoms with van der Waals surface area (Å²) in [5.41, 5.74) is 0.798. The minimum atomic E-state index is -0.932. The molecule has 2 N–H and O–H groups in total. The van der Waals surface area contributed by atoms with Crippen molar-refractivity contribution >= 4 is 11.9 Å². The molecule has 2 rings (SSSR count). The first-order valence-corrected chi connectivity index (χ1v) is 5.52. The lowest BCUT2D eigenvalue weighted by molar-refractivity contribution is -0.136. The molecule has 1 amide bonds. The van der Waals surface area contributed by atoms with Crippen LogP contribution in [0.1, 0.15) is 12.0 Å². The second kappa shape index (κ2) is 5.39. The van der Waals surface area contributed by atoms with Crippen LogP contribution < -0.4 is 14.8 Å². The lowest BCUT2D eigenvalue weighted by Crippen LogP contribution is -2.27. The molecule has 1 aliphatic heterocycles. The fraction of sp³-hybridized carbons (Fsp3) is 0.333. The van der Waals surface area contributed by atoms with Gasteiger partial charge in [0, 0.05) is 6.54 Å². The SMILES string of the molecule is O=C(O)CCNC(=O)Cc1ccc2c(c1)OCO2. The second-order valence-electron chi connectivity index (χ2n) is 3.86. The Kier molecular flexibility index (Phi) is 3.66. The molecule has 0 unspecified atom stereocenters. The number of carboxylic acids is 1. The summed E-state index contributed by atoms with van der Waals surface area (Å²) in [5.74, 6) is 0.157. The highest BCUT2D eigenvalue weighted by molar-refractivity contribution is 5.79. The number of benzene rings is 1. The number of fused-ring (bicyclic) bond motifs is 1. The summed E-state index contributed by atoms with van der Waals surface area (Å²) in [5, 5.41) is 11.0. The maximum atomic E-state index is 11.5. The smallest absolute Gasteiger partial charge is 0.305 e. The van der Waals surface area contributed by atoms with Crippen molar-refractivity contribution in [2.45, 2.75) is 12.8 Å². The molecule has 96 valence electrons. The van der Waals surface area contributed by atoms with E-state index in [4.69, 9.17) is 14.6 Å². The summed E-state index contributed by atoms with van der Waals surface area (Å²) in [6.45, 7) is 0.336. The van der Waals surface area contributed by atoms with Crippen LogP contribution in [0.4, 0.5) is 0 Å². The summed E-state index contributed by atoms with van der Waals surface area (Å²) >= 11 is 0. The predicted molar refractivity (Wildman–Crippen MR) is 61.5 cm³/mol. The normalized spacial score (nSPS) is 12.2. The minimum Gasteiger partial charge on any atom is -0.481 e. The Balaban J connectivity index is 1.85. The summed E-state index contributed by atoms with van der Waals surface area (Å²) < 4.78 is 10.4. The molecule has 6 heteroatoms. The van der Waals surface area contributed by atoms with Crippen molar-refractivity contribution in [3.8, 4) is 11.5 Å². The highest BCUT2D eigenvalue weighted by Gasteiger charge is 2.14. The van der Waals surface area contributed by atoms with Gasteiger partial charge in [-0.1, -0.05) is 6.07 Å². The first-order valence-electron chi connectivity index (χ1n) is 5.52. The van der Waals surface area contributed by atoms with Crippen LogP contribution >= 0.6 is 0 Å². The lowest BCUT2D eigenvalue weighted by atomic mass is 10.1. The zero-order valence-corrected chi connectivity index (χ0v) is 9.64. The number of amides is 1. The molecule has 0 radical (unpaired) electrons. The molecule has 1 aromatic carbocycles. The number of aliphatic carboxylic acids is 1. The van der Waals surface area contributed by atoms with Gasteiger partial charge in [-0.15, -0.1) is 0 Å². The van der Waals surface area contributed by atoms with E-state index in [1.807, 2.05) is 0 Å². The molecular formula is C12H13NO5. The second-order valence-corrected chi connectivity index (χ2v) is 3.86. The molecule has 0 bridgehead atoms. The van der Waals surface area contributed by atoms with Crippen LogP contribution in [0.3, 0.4) is 0 Å². The van der Waals surface area contributed by atoms with Crippen LogP contribution in [0, 0.1) is 0 Å². The summed E-state index contributed by atoms with van der Waals surface area (Å²) in [6.07, 6.45) is 0.114. The third-order valence-electron chi connectivity index (χ3n) is 2.46. The molecule has 1 aliphatic rings. The van der Waals surface area contributed by atoms with Gasteiger partial charge in [-0.3, -0.25) is 9.59 Å². The fourth-order valence-corrected chi connectivity index (χ4v) is 1.61. The van der Waals surface area contributed by atoms with Crippen LogP contribution in [0.5, 0.6) is 11.5 Å². The summed E-state index contributed by atoms with van der Waals surface area (Å²) in [4.78, 5) is 21.8. The Bertz CT molecular complexity index is 472. The van der Waals surface area contributed by atoms with Crippen molar-refractivity contribution in [1.82, 2.24) is 5.32 Å². The highest BCUT2D eigenvalue weighted by atomic mass is 16.7. The van der Waals surface area contributed by atoms with Crippen LogP contribution in [0.15, 0.2) is 18.2 Å². The molecular weight excluding hydrogens is 238 g/mol. The van der Waals surface area contributed by atoms with Crippen molar-refractivity contribution in [2.75, 3.05) is 13.3 Å². The Morgan fingerprint density at radius 3 is 2.83 bits per heavy atom. The molecule has 0 aliphatic carbocycles. The van der Waals surface area contributed by atoms with Gasteiger partial charge in [-0.25, -0.2) is 0 Å². The van der Waals surface area contributed by atoms with E-state index in [9.17, 15) is 9.59 Å². The van der Waals surface area contributed by atoms with E-state index in [1.165, 1.54) is 0 Å². The van der Waals surface area contributed by atoms with Gasteiger partial charge >= 0.3 is 5.97 Å². The van der Waals surface area contributed by atoms with Crippen molar-refractivity contribution in [3.63, 3.8) is 0 Å². The number of carbonyl (C=O) groups is 2. The van der Waals surface area contributed by atoms with Crippen LogP contribution in [-0.2, 0) is 16.0 Å². The maximum absolute atomic E-state index is 11.5. The standard InChI is InChI=1S/C12H13NO5/c14-11(13-4-3-12(15)16)6-8-1-2-9-10(5-8)18-7-17-9/h1-2,5H,3-4,6-7H2,(H,13,14)(H,15,16). The Morgan fingerprint density at radius 1 is 1.28 bits per heavy atom. The van der Waals surface area contributed by atoms with Gasteiger partial charge in [-0.2, -0.15) is 0 Å². The van der Waals surface area contributed by atoms with E-state index in [0.29, 0.717) is 11.5 Å². The van der Waals surface area contributed by atoms with Gasteiger partial charge in [0.15, 0.2) is 11.5 Å². The number of carboxylic acid groups (broad SMARTS) is 1. The Labute approximate surface area is 104 Å². The first-order chi connectivity index (χ1) is 8.65. The molecule has 0 spiro atoms. The Hall–Kier alpha value is -2.24. The number of hydrogen-bond acceptors (Lipinski definition) is 4. The molecule has 1 aromatic rings. The molecule has 6 nitrogen and oxygen atoms in total. The summed E-state index contributed by atoms with van der Waals surface area (Å²) in [6, 6.07) is 5.28. The van der Waals surface area contributed by atoms with Gasteiger partial charge in [0.1, 0.15) is 0 Å². The number of rotatable bonds is 5. The molecule has 0 saturated heterocycles. The van der Waals surface area contributed by atoms with Gasteiger partial charge < -0.3 is 19.9 Å². The molecule has 0 fully saturated rings. The third-order valence-corrected chi connectivity index (χ3v) is 2.46. The summed E-state index contributed by atoms with van der Waals surface area (Å²) in [7, 11) is 0. The monoisotopic (exact) mass is 251 g/mol. The highest BCUT2D eigenvalue weighted by Crippen LogP contribution is 2.32. The van der Waals surface area contributed by atoms with E-state index < -0.39 is 5.97 Å². The molecule has 0 aromatic heterocycles. The third kappa shape index (κ3) is 3.13. The number of hydrogen-bond donors (Lipinski definition) is 2. The van der Waals surface area contributed by atoms with Crippen molar-refractivity contribution in [2.24, 2.45) is 0 Å². The molecule has 18 heavy (non-hydrogen) atoms. The van der Waals surface area contributed by atoms with Crippen LogP contribution in [0.2, 0.25) is 0 Å². The average molecular weight is 251 g/mol. The van der Waals surface area contributed by atoms with E-state index in [0.717, 1.165) is 5.56 Å². The van der Waals surface area contributed by atoms with Gasteiger partial charge in [0.2, 0.25) is 12.7 Å². The number of nitrogens with one attached hydrogen (secondary N) is 1. The zero-order chi connectivity index (χ0) is 13.0. The fourth-order valence-electron chi connectivity index (χ4n) is 1.61. The Morgan fingerprint density at radius 2 is 2.06 bits per heavy atom. The number of ether oxygens (including phenoxy) is 2. The largest absolute Gasteiger partial charge is 0.481 e. The average Bonchev–Trinajstić information content (AvgIpc) is 2.75. The van der Waals surface area contributed by atoms with Crippen LogP contribution in [0.25, 0.3) is 0 Å².